The molecule has 0 amide bonds. The van der Waals surface area contributed by atoms with Gasteiger partial charge in [-0.05, 0) is 92.2 Å². The molecule has 0 aliphatic carbocycles. The highest BCUT2D eigenvalue weighted by atomic mass is 16.3. The number of unbranched alkanes of at least 4 members (excludes halogenated alkanes) is 6. The van der Waals surface area contributed by atoms with Crippen molar-refractivity contribution in [3.05, 3.63) is 96.6 Å². The number of phenolic OH excluding ortho intramolecular Hbond substituents is 4. The van der Waals surface area contributed by atoms with Crippen molar-refractivity contribution in [1.82, 2.24) is 0 Å². The van der Waals surface area contributed by atoms with Gasteiger partial charge >= 0.3 is 0 Å². The van der Waals surface area contributed by atoms with Crippen molar-refractivity contribution in [1.29, 1.82) is 0 Å². The minimum Gasteiger partial charge on any atom is -0.504 e. The predicted octanol–water partition coefficient (Wildman–Crippen LogP) is 8.91. The fraction of sp³-hybridized carbons (Fsp3) is 0.412. The first kappa shape index (κ1) is 30.8. The maximum Gasteiger partial charge on any atom is 0.157 e. The van der Waals surface area contributed by atoms with Gasteiger partial charge < -0.3 is 20.4 Å². The Hall–Kier alpha value is -3.40. The van der Waals surface area contributed by atoms with Crippen LogP contribution in [0.4, 0.5) is 0 Å². The lowest BCUT2D eigenvalue weighted by Gasteiger charge is -2.23. The molecule has 0 saturated carbocycles. The summed E-state index contributed by atoms with van der Waals surface area (Å²) in [5.41, 5.74) is 1.90. The van der Waals surface area contributed by atoms with Crippen LogP contribution in [0.25, 0.3) is 0 Å². The number of allylic oxidation sites excluding steroid dienone is 7. The second-order valence-electron chi connectivity index (χ2n) is 10.0. The van der Waals surface area contributed by atoms with Crippen LogP contribution in [0.2, 0.25) is 0 Å². The molecular formula is C34H46O4. The topological polar surface area (TPSA) is 80.9 Å². The monoisotopic (exact) mass is 518 g/mol. The van der Waals surface area contributed by atoms with Crippen molar-refractivity contribution in [2.75, 3.05) is 0 Å². The van der Waals surface area contributed by atoms with E-state index in [0.717, 1.165) is 36.8 Å². The van der Waals surface area contributed by atoms with Crippen LogP contribution in [0.5, 0.6) is 23.0 Å². The van der Waals surface area contributed by atoms with Gasteiger partial charge in [0.1, 0.15) is 0 Å². The fourth-order valence-electron chi connectivity index (χ4n) is 4.56. The number of aromatic hydroxyl groups is 4. The summed E-state index contributed by atoms with van der Waals surface area (Å²) in [6.45, 7) is 5.99. The van der Waals surface area contributed by atoms with E-state index in [0.29, 0.717) is 12.8 Å². The standard InChI is InChI=1S/C34H46O4/c1-3-5-7-9-11-13-15-17-29(23-27-19-21-31(35)33(37)25-27)30(18-16-14-12-10-8-6-4-2)24-28-20-22-32(36)34(38)26-28/h3,9,11,15-22,25-26,29-30,35-38H,1,4-8,10,12-14,23-24H2,2H3. The molecule has 0 heterocycles. The summed E-state index contributed by atoms with van der Waals surface area (Å²) in [5, 5.41) is 39.7. The summed E-state index contributed by atoms with van der Waals surface area (Å²) in [4.78, 5) is 0. The first-order valence-corrected chi connectivity index (χ1v) is 14.1. The van der Waals surface area contributed by atoms with E-state index in [4.69, 9.17) is 0 Å². The fourth-order valence-corrected chi connectivity index (χ4v) is 4.56. The Bertz CT molecular complexity index is 1050. The number of hydrogen-bond donors (Lipinski definition) is 4. The van der Waals surface area contributed by atoms with Crippen LogP contribution in [-0.4, -0.2) is 20.4 Å². The second kappa shape index (κ2) is 18.0. The number of phenols is 4. The molecule has 4 heteroatoms. The Morgan fingerprint density at radius 1 is 0.632 bits per heavy atom. The van der Waals surface area contributed by atoms with Crippen LogP contribution in [-0.2, 0) is 12.8 Å². The summed E-state index contributed by atoms with van der Waals surface area (Å²) >= 11 is 0. The van der Waals surface area contributed by atoms with E-state index in [1.165, 1.54) is 44.2 Å². The normalized spacial score (nSPS) is 13.5. The molecular weight excluding hydrogens is 472 g/mol. The van der Waals surface area contributed by atoms with Crippen molar-refractivity contribution in [2.45, 2.75) is 77.6 Å². The van der Waals surface area contributed by atoms with Crippen LogP contribution in [0.15, 0.2) is 85.5 Å². The van der Waals surface area contributed by atoms with Crippen LogP contribution in [0.3, 0.4) is 0 Å². The predicted molar refractivity (Wildman–Crippen MR) is 159 cm³/mol. The zero-order valence-electron chi connectivity index (χ0n) is 22.9. The van der Waals surface area contributed by atoms with Crippen molar-refractivity contribution < 1.29 is 20.4 Å². The van der Waals surface area contributed by atoms with Gasteiger partial charge in [-0.3, -0.25) is 0 Å². The minimum atomic E-state index is -0.121. The van der Waals surface area contributed by atoms with E-state index in [2.05, 4.69) is 50.0 Å². The van der Waals surface area contributed by atoms with Gasteiger partial charge in [0.2, 0.25) is 0 Å². The lowest BCUT2D eigenvalue weighted by Crippen LogP contribution is -2.16. The highest BCUT2D eigenvalue weighted by Crippen LogP contribution is 2.32. The number of benzene rings is 2. The van der Waals surface area contributed by atoms with Crippen LogP contribution >= 0.6 is 0 Å². The van der Waals surface area contributed by atoms with Gasteiger partial charge in [-0.1, -0.05) is 87.3 Å². The van der Waals surface area contributed by atoms with Crippen molar-refractivity contribution in [3.8, 4) is 23.0 Å². The maximum atomic E-state index is 10.1. The molecule has 0 aromatic heterocycles. The van der Waals surface area contributed by atoms with Gasteiger partial charge in [0.25, 0.3) is 0 Å². The summed E-state index contributed by atoms with van der Waals surface area (Å²) < 4.78 is 0. The Balaban J connectivity index is 2.27. The van der Waals surface area contributed by atoms with Crippen molar-refractivity contribution in [3.63, 3.8) is 0 Å². The van der Waals surface area contributed by atoms with Crippen molar-refractivity contribution >= 4 is 0 Å². The minimum absolute atomic E-state index is 0.110. The van der Waals surface area contributed by atoms with Gasteiger partial charge in [-0.15, -0.1) is 6.58 Å². The van der Waals surface area contributed by atoms with Gasteiger partial charge in [0.15, 0.2) is 23.0 Å². The van der Waals surface area contributed by atoms with E-state index in [-0.39, 0.29) is 34.8 Å². The number of rotatable bonds is 18. The molecule has 2 aromatic carbocycles. The molecule has 206 valence electrons. The third-order valence-corrected chi connectivity index (χ3v) is 6.79. The Labute approximate surface area is 229 Å². The van der Waals surface area contributed by atoms with Gasteiger partial charge in [0, 0.05) is 0 Å². The average molecular weight is 519 g/mol. The first-order chi connectivity index (χ1) is 18.4. The van der Waals surface area contributed by atoms with Crippen molar-refractivity contribution in [2.24, 2.45) is 11.8 Å². The summed E-state index contributed by atoms with van der Waals surface area (Å²) in [6.07, 6.45) is 26.7. The molecule has 0 aliphatic rings. The van der Waals surface area contributed by atoms with Gasteiger partial charge in [-0.25, -0.2) is 0 Å². The lowest BCUT2D eigenvalue weighted by atomic mass is 9.81. The van der Waals surface area contributed by atoms with Gasteiger partial charge in [0.05, 0.1) is 0 Å². The molecule has 2 aromatic rings. The third kappa shape index (κ3) is 11.8. The SMILES string of the molecule is C=CCCC=CCC=CC(Cc1ccc(O)c(O)c1)C(C=CCCCCCCC)Cc1ccc(O)c(O)c1. The highest BCUT2D eigenvalue weighted by Gasteiger charge is 2.19. The van der Waals surface area contributed by atoms with E-state index < -0.39 is 0 Å². The van der Waals surface area contributed by atoms with E-state index in [9.17, 15) is 20.4 Å². The van der Waals surface area contributed by atoms with Crippen LogP contribution in [0, 0.1) is 11.8 Å². The molecule has 0 bridgehead atoms. The number of hydrogen-bond acceptors (Lipinski definition) is 4. The summed E-state index contributed by atoms with van der Waals surface area (Å²) in [6, 6.07) is 10.0. The van der Waals surface area contributed by atoms with E-state index in [1.54, 1.807) is 12.1 Å². The van der Waals surface area contributed by atoms with E-state index in [1.807, 2.05) is 18.2 Å². The molecule has 0 fully saturated rings. The lowest BCUT2D eigenvalue weighted by molar-refractivity contribution is 0.400. The van der Waals surface area contributed by atoms with Crippen LogP contribution in [0.1, 0.15) is 75.8 Å². The van der Waals surface area contributed by atoms with E-state index >= 15 is 0 Å². The quantitative estimate of drug-likeness (QED) is 0.0902. The Morgan fingerprint density at radius 3 is 1.76 bits per heavy atom. The molecule has 0 saturated heterocycles. The van der Waals surface area contributed by atoms with Crippen LogP contribution < -0.4 is 0 Å². The smallest absolute Gasteiger partial charge is 0.157 e. The molecule has 2 rings (SSSR count). The zero-order valence-corrected chi connectivity index (χ0v) is 22.9. The summed E-state index contributed by atoms with van der Waals surface area (Å²) in [7, 11) is 0. The molecule has 38 heavy (non-hydrogen) atoms. The molecule has 4 N–H and O–H groups in total. The molecule has 2 unspecified atom stereocenters. The first-order valence-electron chi connectivity index (χ1n) is 14.1. The largest absolute Gasteiger partial charge is 0.504 e. The average Bonchev–Trinajstić information content (AvgIpc) is 2.90. The third-order valence-electron chi connectivity index (χ3n) is 6.79. The molecule has 4 nitrogen and oxygen atoms in total. The molecule has 2 atom stereocenters. The maximum absolute atomic E-state index is 10.1. The molecule has 0 spiro atoms. The highest BCUT2D eigenvalue weighted by molar-refractivity contribution is 5.42. The Morgan fingerprint density at radius 2 is 1.21 bits per heavy atom. The van der Waals surface area contributed by atoms with Gasteiger partial charge in [-0.2, -0.15) is 0 Å². The zero-order chi connectivity index (χ0) is 27.6. The second-order valence-corrected chi connectivity index (χ2v) is 10.0. The molecule has 0 radical (unpaired) electrons. The Kier molecular flexibility index (Phi) is 14.6. The molecule has 0 aliphatic heterocycles. The summed E-state index contributed by atoms with van der Waals surface area (Å²) in [5.74, 6) is -0.185.